The lowest BCUT2D eigenvalue weighted by atomic mass is 10.0. The van der Waals surface area contributed by atoms with Crippen LogP contribution in [0.2, 0.25) is 5.02 Å². The van der Waals surface area contributed by atoms with Crippen LogP contribution in [0.4, 0.5) is 10.5 Å². The third-order valence-electron chi connectivity index (χ3n) is 12.3. The number of hydrogen-bond donors (Lipinski definition) is 9. The molecule has 0 aliphatic carbocycles. The normalized spacial score (nSPS) is 12.8. The van der Waals surface area contributed by atoms with Gasteiger partial charge >= 0.3 is 31.8 Å². The van der Waals surface area contributed by atoms with Gasteiger partial charge in [-0.2, -0.15) is 0 Å². The first-order valence-corrected chi connectivity index (χ1v) is 30.7. The minimum Gasteiger partial charge on any atom is -0.491 e. The Kier molecular flexibility index (Phi) is 35.7. The summed E-state index contributed by atoms with van der Waals surface area (Å²) in [5, 5.41) is 41.6. The highest BCUT2D eigenvalue weighted by Crippen LogP contribution is 2.43. The molecule has 1 heterocycles. The highest BCUT2D eigenvalue weighted by molar-refractivity contribution is 7.47. The van der Waals surface area contributed by atoms with Crippen molar-refractivity contribution in [3.63, 3.8) is 0 Å². The molecule has 0 bridgehead atoms. The number of urea groups is 1. The molecule has 0 spiro atoms. The van der Waals surface area contributed by atoms with E-state index in [1.54, 1.807) is 57.2 Å². The van der Waals surface area contributed by atoms with E-state index in [9.17, 15) is 63.1 Å². The quantitative estimate of drug-likeness (QED) is 0.0223. The fourth-order valence-corrected chi connectivity index (χ4v) is 8.84. The van der Waals surface area contributed by atoms with E-state index in [1.807, 2.05) is 13.8 Å². The van der Waals surface area contributed by atoms with Gasteiger partial charge in [-0.25, -0.2) is 9.36 Å². The zero-order chi connectivity index (χ0) is 67.4. The fraction of sp³-hybridized carbons (Fsp3) is 0.586. The number of halogens is 1. The van der Waals surface area contributed by atoms with Gasteiger partial charge in [0.1, 0.15) is 57.7 Å². The van der Waals surface area contributed by atoms with Gasteiger partial charge in [0, 0.05) is 55.8 Å². The van der Waals surface area contributed by atoms with Crippen molar-refractivity contribution in [1.29, 1.82) is 0 Å². The molecule has 0 aliphatic heterocycles. The second-order valence-electron chi connectivity index (χ2n) is 21.0. The summed E-state index contributed by atoms with van der Waals surface area (Å²) < 4.78 is 78.2. The largest absolute Gasteiger partial charge is 0.491 e. The number of nitrogens with zero attached hydrogens (tertiary/aromatic N) is 1. The first kappa shape index (κ1) is 78.2. The highest BCUT2D eigenvalue weighted by atomic mass is 35.5. The summed E-state index contributed by atoms with van der Waals surface area (Å²) in [6.45, 7) is 8.66. The van der Waals surface area contributed by atoms with Crippen LogP contribution in [0, 0.1) is 6.92 Å². The molecule has 510 valence electrons. The minimum absolute atomic E-state index is 0.00437. The number of aliphatic carboxylic acids is 1. The average Bonchev–Trinajstić information content (AvgIpc) is 0.837. The molecule has 3 rings (SSSR count). The topological polar surface area (TPSA) is 410 Å². The second-order valence-corrected chi connectivity index (χ2v) is 22.9. The number of ether oxygens (including phenoxy) is 10. The Hall–Kier alpha value is -7.00. The van der Waals surface area contributed by atoms with Crippen LogP contribution in [0.1, 0.15) is 83.5 Å². The van der Waals surface area contributed by atoms with Crippen molar-refractivity contribution in [2.45, 2.75) is 97.6 Å². The molecule has 33 heteroatoms. The van der Waals surface area contributed by atoms with Crippen LogP contribution in [-0.2, 0) is 82.1 Å². The lowest BCUT2D eigenvalue weighted by Crippen LogP contribution is -2.38. The molecule has 9 N–H and O–H groups in total. The van der Waals surface area contributed by atoms with Gasteiger partial charge in [-0.15, -0.1) is 0 Å². The van der Waals surface area contributed by atoms with Crippen LogP contribution in [0.15, 0.2) is 53.5 Å². The van der Waals surface area contributed by atoms with E-state index in [2.05, 4.69) is 26.6 Å². The predicted molar refractivity (Wildman–Crippen MR) is 325 cm³/mol. The van der Waals surface area contributed by atoms with Crippen LogP contribution in [0.3, 0.4) is 0 Å². The Morgan fingerprint density at radius 1 is 0.692 bits per heavy atom. The maximum Gasteiger partial charge on any atom is 0.472 e. The fourth-order valence-electron chi connectivity index (χ4n) is 7.86. The summed E-state index contributed by atoms with van der Waals surface area (Å²) in [7, 11) is -4.62. The summed E-state index contributed by atoms with van der Waals surface area (Å²) in [4.78, 5) is 109. The summed E-state index contributed by atoms with van der Waals surface area (Å²) in [6.07, 6.45) is 0.637. The SMILES string of the molecule is CC(=O)OC[C@H](COP(=O)(O)OCCNC(=O)COC(C)(C)CCOC(C)(C)CCNC(=O)COCC(=O)NCCOCCOCCOc1c(C)cn(Cc2c(Cl)cccc2OCCO)c(=O)c1NC(=O)N[C@@H](CC(=O)O)c1cccc(OCCO)c1)OC(C)=O. The van der Waals surface area contributed by atoms with Crippen molar-refractivity contribution in [3.05, 3.63) is 80.7 Å². The number of pyridine rings is 1. The molecule has 0 radical (unpaired) electrons. The first-order chi connectivity index (χ1) is 43.1. The maximum absolute atomic E-state index is 14.2. The number of nitrogens with one attached hydrogen (secondary N) is 5. The van der Waals surface area contributed by atoms with Crippen molar-refractivity contribution < 1.29 is 115 Å². The molecular weight excluding hydrogens is 1250 g/mol. The van der Waals surface area contributed by atoms with E-state index in [0.29, 0.717) is 41.0 Å². The Morgan fingerprint density at radius 3 is 1.99 bits per heavy atom. The van der Waals surface area contributed by atoms with Crippen LogP contribution in [0.5, 0.6) is 17.2 Å². The number of esters is 2. The van der Waals surface area contributed by atoms with Gasteiger partial charge in [0.15, 0.2) is 17.5 Å². The molecule has 31 nitrogen and oxygen atoms in total. The minimum atomic E-state index is -4.62. The molecule has 1 aromatic heterocycles. The number of aromatic nitrogens is 1. The smallest absolute Gasteiger partial charge is 0.472 e. The predicted octanol–water partition coefficient (Wildman–Crippen LogP) is 2.71. The Balaban J connectivity index is 1.35. The molecule has 0 aliphatic rings. The lowest BCUT2D eigenvalue weighted by molar-refractivity contribution is -0.158. The maximum atomic E-state index is 14.2. The van der Waals surface area contributed by atoms with E-state index in [4.69, 9.17) is 68.0 Å². The van der Waals surface area contributed by atoms with Crippen molar-refractivity contribution in [1.82, 2.24) is 25.8 Å². The third kappa shape index (κ3) is 33.2. The zero-order valence-corrected chi connectivity index (χ0v) is 53.8. The van der Waals surface area contributed by atoms with Gasteiger partial charge in [-0.1, -0.05) is 29.8 Å². The lowest BCUT2D eigenvalue weighted by Gasteiger charge is -2.29. The van der Waals surface area contributed by atoms with Crippen LogP contribution < -0.4 is 46.4 Å². The molecule has 3 aromatic rings. The van der Waals surface area contributed by atoms with Gasteiger partial charge in [0.25, 0.3) is 5.56 Å². The zero-order valence-electron chi connectivity index (χ0n) is 52.2. The Morgan fingerprint density at radius 2 is 1.32 bits per heavy atom. The summed E-state index contributed by atoms with van der Waals surface area (Å²) in [5.41, 5.74) is -1.24. The monoisotopic (exact) mass is 1330 g/mol. The summed E-state index contributed by atoms with van der Waals surface area (Å²) in [5.74, 6) is -3.41. The molecule has 0 saturated heterocycles. The molecular formula is C58H86ClN6O25P. The number of carbonyl (C=O) groups is 7. The third-order valence-corrected chi connectivity index (χ3v) is 13.7. The van der Waals surface area contributed by atoms with E-state index in [-0.39, 0.29) is 129 Å². The first-order valence-electron chi connectivity index (χ1n) is 28.9. The summed E-state index contributed by atoms with van der Waals surface area (Å²) in [6, 6.07) is 9.17. The number of carboxylic acid groups (broad SMARTS) is 1. The van der Waals surface area contributed by atoms with Crippen molar-refractivity contribution in [2.24, 2.45) is 0 Å². The molecule has 0 fully saturated rings. The molecule has 0 saturated carbocycles. The number of rotatable bonds is 47. The Labute approximate surface area is 531 Å². The van der Waals surface area contributed by atoms with Gasteiger partial charge in [-0.3, -0.25) is 42.6 Å². The van der Waals surface area contributed by atoms with Crippen molar-refractivity contribution in [2.75, 3.05) is 131 Å². The number of aliphatic hydroxyl groups is 2. The van der Waals surface area contributed by atoms with E-state index in [0.717, 1.165) is 13.8 Å². The molecule has 3 atom stereocenters. The number of hydrogen-bond acceptors (Lipinski definition) is 23. The van der Waals surface area contributed by atoms with E-state index >= 15 is 0 Å². The summed E-state index contributed by atoms with van der Waals surface area (Å²) >= 11 is 6.55. The van der Waals surface area contributed by atoms with Gasteiger partial charge in [-0.05, 0) is 77.3 Å². The number of carboxylic acids is 1. The molecule has 1 unspecified atom stereocenters. The van der Waals surface area contributed by atoms with E-state index < -0.39 is 105 Å². The van der Waals surface area contributed by atoms with Crippen molar-refractivity contribution >= 4 is 66.8 Å². The number of phosphoric ester groups is 1. The standard InChI is InChI=1S/C58H86ClN6O25P/c1-39-32-65(33-45-46(59)12-9-13-48(45)83-25-20-67)55(75)53(64-56(76)63-47(31-52(73)74)42-10-8-11-43(30-42)82-24-19-66)54(39)84-29-28-80-27-26-79-22-17-61-50(71)37-81-36-49(70)60-16-14-57(4,5)86-21-15-58(6,7)87-38-51(72)62-18-23-88-91(77,78)89-35-44(90-41(3)69)34-85-40(2)68/h8-13,30,32,44,47,66-67H,14-29,31,33-38H2,1-7H3,(H,60,70)(H,61,71)(H,62,72)(H,73,74)(H,77,78)(H2,63,64,76)/t44-,47+/m1/s1. The number of aryl methyl sites for hydroxylation is 1. The molecule has 2 aromatic carbocycles. The van der Waals surface area contributed by atoms with E-state index in [1.165, 1.54) is 16.8 Å². The number of anilines is 1. The second kappa shape index (κ2) is 41.5. The van der Waals surface area contributed by atoms with Crippen molar-refractivity contribution in [3.8, 4) is 17.2 Å². The van der Waals surface area contributed by atoms with Crippen LogP contribution in [-0.4, -0.2) is 209 Å². The van der Waals surface area contributed by atoms with Gasteiger partial charge in [0.05, 0.1) is 89.7 Å². The number of aliphatic hydroxyl groups excluding tert-OH is 2. The Bertz CT molecular complexity index is 2910. The van der Waals surface area contributed by atoms with Gasteiger partial charge in [0.2, 0.25) is 17.7 Å². The highest BCUT2D eigenvalue weighted by Gasteiger charge is 2.28. The van der Waals surface area contributed by atoms with Crippen LogP contribution >= 0.6 is 19.4 Å². The molecule has 5 amide bonds. The number of carbonyl (C=O) groups excluding carboxylic acids is 6. The average molecular weight is 1330 g/mol. The number of amides is 5. The molecule has 91 heavy (non-hydrogen) atoms. The number of phosphoric acid groups is 1. The van der Waals surface area contributed by atoms with Gasteiger partial charge < -0.3 is 98.7 Å². The van der Waals surface area contributed by atoms with Crippen LogP contribution in [0.25, 0.3) is 0 Å². The number of benzene rings is 2.